The third-order valence-corrected chi connectivity index (χ3v) is 11.6. The standard InChI is InChI=1S/C49H29N3OS/c1-3-12-30(13-4-1)47-50-48(31-14-5-2-6-15-31)52-49(51-47)33-23-25-39-38-24-22-32(28-43(38)53-44(39)29-33)34-26-27-37(36-17-8-7-16-35(34)36)41-19-11-20-42-40-18-9-10-21-45(40)54-46(41)42/h1-29H. The smallest absolute Gasteiger partial charge is 0.164 e. The molecule has 0 aliphatic heterocycles. The van der Waals surface area contributed by atoms with E-state index < -0.39 is 0 Å². The summed E-state index contributed by atoms with van der Waals surface area (Å²) in [6.45, 7) is 0. The molecule has 11 aromatic rings. The van der Waals surface area contributed by atoms with Crippen LogP contribution in [0.3, 0.4) is 0 Å². The van der Waals surface area contributed by atoms with Crippen molar-refractivity contribution in [3.63, 3.8) is 0 Å². The molecule has 0 saturated carbocycles. The molecular weight excluding hydrogens is 679 g/mol. The number of hydrogen-bond acceptors (Lipinski definition) is 5. The number of aromatic nitrogens is 3. The first-order chi connectivity index (χ1) is 26.7. The fraction of sp³-hybridized carbons (Fsp3) is 0. The third kappa shape index (κ3) is 5.01. The second-order valence-electron chi connectivity index (χ2n) is 13.5. The van der Waals surface area contributed by atoms with E-state index in [1.807, 2.05) is 78.1 Å². The Balaban J connectivity index is 1.01. The highest BCUT2D eigenvalue weighted by molar-refractivity contribution is 7.26. The number of thiophene rings is 1. The molecule has 54 heavy (non-hydrogen) atoms. The lowest BCUT2D eigenvalue weighted by atomic mass is 9.91. The first kappa shape index (κ1) is 30.7. The third-order valence-electron chi connectivity index (χ3n) is 10.4. The minimum absolute atomic E-state index is 0.601. The van der Waals surface area contributed by atoms with Crippen molar-refractivity contribution in [1.29, 1.82) is 0 Å². The van der Waals surface area contributed by atoms with Gasteiger partial charge in [-0.05, 0) is 57.8 Å². The molecule has 0 atom stereocenters. The van der Waals surface area contributed by atoms with E-state index in [1.54, 1.807) is 0 Å². The zero-order valence-electron chi connectivity index (χ0n) is 28.9. The summed E-state index contributed by atoms with van der Waals surface area (Å²) in [6, 6.07) is 61.6. The summed E-state index contributed by atoms with van der Waals surface area (Å²) < 4.78 is 9.26. The van der Waals surface area contributed by atoms with Crippen molar-refractivity contribution in [2.75, 3.05) is 0 Å². The van der Waals surface area contributed by atoms with E-state index in [4.69, 9.17) is 19.4 Å². The lowest BCUT2D eigenvalue weighted by molar-refractivity contribution is 0.669. The molecule has 252 valence electrons. The molecule has 5 heteroatoms. The lowest BCUT2D eigenvalue weighted by Gasteiger charge is -2.13. The second kappa shape index (κ2) is 12.3. The topological polar surface area (TPSA) is 51.8 Å². The van der Waals surface area contributed by atoms with E-state index in [1.165, 1.54) is 47.6 Å². The van der Waals surface area contributed by atoms with Gasteiger partial charge in [-0.2, -0.15) is 0 Å². The Bertz CT molecular complexity index is 3160. The molecular formula is C49H29N3OS. The van der Waals surface area contributed by atoms with Crippen molar-refractivity contribution in [3.8, 4) is 56.4 Å². The van der Waals surface area contributed by atoms with Gasteiger partial charge in [0.15, 0.2) is 17.5 Å². The van der Waals surface area contributed by atoms with Crippen LogP contribution in [0.15, 0.2) is 180 Å². The molecule has 0 bridgehead atoms. The van der Waals surface area contributed by atoms with Crippen LogP contribution in [0.4, 0.5) is 0 Å². The molecule has 3 heterocycles. The molecule has 3 aromatic heterocycles. The molecule has 0 radical (unpaired) electrons. The quantitative estimate of drug-likeness (QED) is 0.179. The van der Waals surface area contributed by atoms with Crippen molar-refractivity contribution >= 4 is 64.2 Å². The van der Waals surface area contributed by atoms with Crippen LogP contribution in [-0.2, 0) is 0 Å². The van der Waals surface area contributed by atoms with Gasteiger partial charge in [-0.3, -0.25) is 0 Å². The van der Waals surface area contributed by atoms with Crippen molar-refractivity contribution in [3.05, 3.63) is 176 Å². The number of fused-ring (bicyclic) bond motifs is 7. The lowest BCUT2D eigenvalue weighted by Crippen LogP contribution is -2.00. The Hall–Kier alpha value is -6.95. The summed E-state index contributed by atoms with van der Waals surface area (Å²) in [6.07, 6.45) is 0. The van der Waals surface area contributed by atoms with Crippen molar-refractivity contribution in [1.82, 2.24) is 15.0 Å². The van der Waals surface area contributed by atoms with Gasteiger partial charge in [0, 0.05) is 53.2 Å². The number of furan rings is 1. The predicted molar refractivity (Wildman–Crippen MR) is 225 cm³/mol. The Kier molecular flexibility index (Phi) is 7.00. The van der Waals surface area contributed by atoms with E-state index in [0.29, 0.717) is 17.5 Å². The fourth-order valence-electron chi connectivity index (χ4n) is 7.77. The SMILES string of the molecule is c1ccc(-c2nc(-c3ccccc3)nc(-c3ccc4c(c3)oc3cc(-c5ccc(-c6cccc7c6sc6ccccc67)c6ccccc56)ccc34)n2)cc1. The minimum Gasteiger partial charge on any atom is -0.456 e. The van der Waals surface area contributed by atoms with Crippen LogP contribution in [-0.4, -0.2) is 15.0 Å². The van der Waals surface area contributed by atoms with Gasteiger partial charge >= 0.3 is 0 Å². The van der Waals surface area contributed by atoms with E-state index in [9.17, 15) is 0 Å². The van der Waals surface area contributed by atoms with Crippen LogP contribution in [0, 0.1) is 0 Å². The zero-order valence-corrected chi connectivity index (χ0v) is 29.7. The molecule has 0 aliphatic rings. The van der Waals surface area contributed by atoms with Crippen LogP contribution in [0.5, 0.6) is 0 Å². The van der Waals surface area contributed by atoms with Crippen LogP contribution in [0.2, 0.25) is 0 Å². The van der Waals surface area contributed by atoms with Crippen molar-refractivity contribution < 1.29 is 4.42 Å². The maximum absolute atomic E-state index is 6.62. The van der Waals surface area contributed by atoms with Gasteiger partial charge in [0.2, 0.25) is 0 Å². The van der Waals surface area contributed by atoms with Gasteiger partial charge in [0.1, 0.15) is 11.2 Å². The molecule has 0 N–H and O–H groups in total. The van der Waals surface area contributed by atoms with Crippen LogP contribution >= 0.6 is 11.3 Å². The molecule has 8 aromatic carbocycles. The summed E-state index contributed by atoms with van der Waals surface area (Å²) >= 11 is 1.87. The molecule has 0 amide bonds. The Morgan fingerprint density at radius 2 is 0.852 bits per heavy atom. The number of rotatable bonds is 5. The highest BCUT2D eigenvalue weighted by atomic mass is 32.1. The van der Waals surface area contributed by atoms with Gasteiger partial charge in [0.25, 0.3) is 0 Å². The van der Waals surface area contributed by atoms with E-state index >= 15 is 0 Å². The average molecular weight is 708 g/mol. The van der Waals surface area contributed by atoms with Gasteiger partial charge in [-0.15, -0.1) is 11.3 Å². The predicted octanol–water partition coefficient (Wildman–Crippen LogP) is 13.6. The number of nitrogens with zero attached hydrogens (tertiary/aromatic N) is 3. The van der Waals surface area contributed by atoms with Gasteiger partial charge in [0.05, 0.1) is 0 Å². The van der Waals surface area contributed by atoms with E-state index in [-0.39, 0.29) is 0 Å². The molecule has 11 rings (SSSR count). The van der Waals surface area contributed by atoms with Crippen LogP contribution in [0.25, 0.3) is 109 Å². The summed E-state index contributed by atoms with van der Waals surface area (Å²) in [5.74, 6) is 1.86. The van der Waals surface area contributed by atoms with Gasteiger partial charge < -0.3 is 4.42 Å². The molecule has 4 nitrogen and oxygen atoms in total. The van der Waals surface area contributed by atoms with Gasteiger partial charge in [-0.1, -0.05) is 146 Å². The van der Waals surface area contributed by atoms with Gasteiger partial charge in [-0.25, -0.2) is 15.0 Å². The molecule has 0 aliphatic carbocycles. The molecule has 0 spiro atoms. The highest BCUT2D eigenvalue weighted by Gasteiger charge is 2.17. The van der Waals surface area contributed by atoms with Crippen LogP contribution < -0.4 is 0 Å². The Morgan fingerprint density at radius 1 is 0.333 bits per heavy atom. The second-order valence-corrected chi connectivity index (χ2v) is 14.6. The average Bonchev–Trinajstić information content (AvgIpc) is 3.81. The highest BCUT2D eigenvalue weighted by Crippen LogP contribution is 2.44. The molecule has 0 unspecified atom stereocenters. The molecule has 0 fully saturated rings. The first-order valence-corrected chi connectivity index (χ1v) is 18.8. The minimum atomic E-state index is 0.601. The monoisotopic (exact) mass is 707 g/mol. The van der Waals surface area contributed by atoms with E-state index in [2.05, 4.69) is 109 Å². The van der Waals surface area contributed by atoms with Crippen LogP contribution in [0.1, 0.15) is 0 Å². The van der Waals surface area contributed by atoms with E-state index in [0.717, 1.165) is 44.2 Å². The number of benzene rings is 8. The maximum Gasteiger partial charge on any atom is 0.164 e. The Morgan fingerprint density at radius 3 is 1.54 bits per heavy atom. The zero-order chi connectivity index (χ0) is 35.6. The summed E-state index contributed by atoms with van der Waals surface area (Å²) in [7, 11) is 0. The van der Waals surface area contributed by atoms with Crippen molar-refractivity contribution in [2.24, 2.45) is 0 Å². The summed E-state index contributed by atoms with van der Waals surface area (Å²) in [5.41, 5.74) is 9.18. The summed E-state index contributed by atoms with van der Waals surface area (Å²) in [5, 5.41) is 7.19. The summed E-state index contributed by atoms with van der Waals surface area (Å²) in [4.78, 5) is 14.7. The number of hydrogen-bond donors (Lipinski definition) is 0. The largest absolute Gasteiger partial charge is 0.456 e. The Labute approximate surface area is 314 Å². The van der Waals surface area contributed by atoms with Crippen molar-refractivity contribution in [2.45, 2.75) is 0 Å². The maximum atomic E-state index is 6.62. The normalized spacial score (nSPS) is 11.7. The fourth-order valence-corrected chi connectivity index (χ4v) is 9.00. The first-order valence-electron chi connectivity index (χ1n) is 18.0. The molecule has 0 saturated heterocycles.